The van der Waals surface area contributed by atoms with Crippen molar-refractivity contribution in [3.05, 3.63) is 12.5 Å². The molecule has 0 spiro atoms. The molecule has 6 heteroatoms. The zero-order valence-corrected chi connectivity index (χ0v) is 6.67. The van der Waals surface area contributed by atoms with Gasteiger partial charge in [0.15, 0.2) is 6.33 Å². The minimum absolute atomic E-state index is 0. The minimum Gasteiger partial charge on any atom is -0.693 e. The zero-order valence-electron chi connectivity index (χ0n) is 3.70. The van der Waals surface area contributed by atoms with Crippen molar-refractivity contribution in [3.8, 4) is 0 Å². The maximum atomic E-state index is 3.38. The summed E-state index contributed by atoms with van der Waals surface area (Å²) in [7, 11) is 0. The molecular weight excluding hydrogens is 147 g/mol. The largest absolute Gasteiger partial charge is 0.693 e. The van der Waals surface area contributed by atoms with E-state index in [1.54, 1.807) is 0 Å². The van der Waals surface area contributed by atoms with Gasteiger partial charge in [0, 0.05) is 19.5 Å². The predicted octanol–water partition coefficient (Wildman–Crippen LogP) is -0.0857. The molecule has 0 saturated heterocycles. The average molecular weight is 151 g/mol. The molecule has 1 rings (SSSR count). The summed E-state index contributed by atoms with van der Waals surface area (Å²) in [5.41, 5.74) is 0. The van der Waals surface area contributed by atoms with Crippen LogP contribution in [0, 0.1) is 0 Å². The second-order valence-corrected chi connectivity index (χ2v) is 0.560. The van der Waals surface area contributed by atoms with E-state index in [1.165, 1.54) is 6.33 Å². The van der Waals surface area contributed by atoms with Gasteiger partial charge in [-0.1, -0.05) is 5.21 Å². The van der Waals surface area contributed by atoms with E-state index in [4.69, 9.17) is 0 Å². The summed E-state index contributed by atoms with van der Waals surface area (Å²) in [6, 6.07) is 0. The van der Waals surface area contributed by atoms with Crippen LogP contribution < -0.4 is 0 Å². The SMILES string of the molecule is [NH2-].[Zn].c1nn[nH]n1. The van der Waals surface area contributed by atoms with E-state index in [0.717, 1.165) is 0 Å². The van der Waals surface area contributed by atoms with Gasteiger partial charge < -0.3 is 6.15 Å². The fourth-order valence-corrected chi connectivity index (χ4v) is 0.129. The molecule has 0 bridgehead atoms. The summed E-state index contributed by atoms with van der Waals surface area (Å²) in [5.74, 6) is 0. The molecule has 1 aromatic rings. The second kappa shape index (κ2) is 5.65. The van der Waals surface area contributed by atoms with Crippen LogP contribution in [0.1, 0.15) is 0 Å². The van der Waals surface area contributed by atoms with Crippen LogP contribution in [0.25, 0.3) is 6.15 Å². The topological polar surface area (TPSA) is 88.0 Å². The third-order valence-corrected chi connectivity index (χ3v) is 0.270. The van der Waals surface area contributed by atoms with Gasteiger partial charge in [0.05, 0.1) is 0 Å². The van der Waals surface area contributed by atoms with Crippen molar-refractivity contribution in [1.82, 2.24) is 20.6 Å². The number of nitrogens with zero attached hydrogens (tertiary/aromatic N) is 3. The normalized spacial score (nSPS) is 5.71. The molecule has 0 radical (unpaired) electrons. The van der Waals surface area contributed by atoms with E-state index in [2.05, 4.69) is 20.6 Å². The summed E-state index contributed by atoms with van der Waals surface area (Å²) in [6.45, 7) is 0. The molecule has 5 nitrogen and oxygen atoms in total. The average Bonchev–Trinajstić information content (AvgIpc) is 1.76. The number of nitrogens with two attached hydrogens (primary N) is 1. The molecule has 0 saturated carbocycles. The maximum absolute atomic E-state index is 3.38. The van der Waals surface area contributed by atoms with Crippen molar-refractivity contribution in [3.63, 3.8) is 0 Å². The van der Waals surface area contributed by atoms with Crippen molar-refractivity contribution in [2.45, 2.75) is 0 Å². The summed E-state index contributed by atoms with van der Waals surface area (Å²) in [4.78, 5) is 0. The minimum atomic E-state index is 0. The second-order valence-electron chi connectivity index (χ2n) is 0.560. The molecule has 0 aromatic carbocycles. The van der Waals surface area contributed by atoms with Crippen LogP contribution >= 0.6 is 0 Å². The van der Waals surface area contributed by atoms with Crippen LogP contribution in [0.15, 0.2) is 6.33 Å². The molecule has 7 heavy (non-hydrogen) atoms. The first-order valence-corrected chi connectivity index (χ1v) is 1.16. The van der Waals surface area contributed by atoms with Gasteiger partial charge in [-0.05, 0) is 0 Å². The molecule has 1 heterocycles. The molecule has 0 fully saturated rings. The van der Waals surface area contributed by atoms with Crippen molar-refractivity contribution < 1.29 is 19.5 Å². The van der Waals surface area contributed by atoms with Crippen molar-refractivity contribution in [2.75, 3.05) is 0 Å². The van der Waals surface area contributed by atoms with Crippen LogP contribution in [0.4, 0.5) is 0 Å². The van der Waals surface area contributed by atoms with E-state index < -0.39 is 0 Å². The first-order chi connectivity index (χ1) is 2.50. The molecule has 0 atom stereocenters. The van der Waals surface area contributed by atoms with Crippen molar-refractivity contribution in [1.29, 1.82) is 0 Å². The quantitative estimate of drug-likeness (QED) is 0.526. The Morgan fingerprint density at radius 3 is 2.29 bits per heavy atom. The third kappa shape index (κ3) is 3.48. The Hall–Kier alpha value is -0.347. The van der Waals surface area contributed by atoms with Crippen LogP contribution in [-0.2, 0) is 19.5 Å². The number of hydrogen-bond acceptors (Lipinski definition) is 3. The molecule has 0 aliphatic rings. The fourth-order valence-electron chi connectivity index (χ4n) is 0.129. The van der Waals surface area contributed by atoms with Gasteiger partial charge in [-0.25, -0.2) is 0 Å². The Bertz CT molecular complexity index is 64.6. The summed E-state index contributed by atoms with van der Waals surface area (Å²) in [6.07, 6.45) is 1.33. The Morgan fingerprint density at radius 1 is 1.43 bits per heavy atom. The van der Waals surface area contributed by atoms with Gasteiger partial charge in [0.2, 0.25) is 0 Å². The van der Waals surface area contributed by atoms with E-state index in [-0.39, 0.29) is 25.6 Å². The van der Waals surface area contributed by atoms with E-state index in [9.17, 15) is 0 Å². The van der Waals surface area contributed by atoms with Gasteiger partial charge in [0.25, 0.3) is 0 Å². The van der Waals surface area contributed by atoms with Gasteiger partial charge >= 0.3 is 0 Å². The number of rotatable bonds is 0. The van der Waals surface area contributed by atoms with Gasteiger partial charge in [-0.3, -0.25) is 0 Å². The van der Waals surface area contributed by atoms with Gasteiger partial charge in [0.1, 0.15) is 0 Å². The number of nitrogens with one attached hydrogen (secondary N) is 1. The molecule has 36 valence electrons. The van der Waals surface area contributed by atoms with Crippen molar-refractivity contribution in [2.24, 2.45) is 0 Å². The fraction of sp³-hybridized carbons (Fsp3) is 0. The zero-order chi connectivity index (χ0) is 3.54. The van der Waals surface area contributed by atoms with Gasteiger partial charge in [-0.2, -0.15) is 5.21 Å². The summed E-state index contributed by atoms with van der Waals surface area (Å²) < 4.78 is 0. The predicted molar refractivity (Wildman–Crippen MR) is 19.5 cm³/mol. The molecule has 0 aliphatic carbocycles. The number of aromatic amines is 1. The number of tetrazole rings is 1. The van der Waals surface area contributed by atoms with E-state index in [0.29, 0.717) is 0 Å². The smallest absolute Gasteiger partial charge is 0.161 e. The first kappa shape index (κ1) is 9.82. The van der Waals surface area contributed by atoms with E-state index >= 15 is 0 Å². The Morgan fingerprint density at radius 2 is 2.14 bits per heavy atom. The number of H-pyrrole nitrogens is 1. The Balaban J connectivity index is 0. The molecule has 0 aliphatic heterocycles. The van der Waals surface area contributed by atoms with Crippen LogP contribution in [0.2, 0.25) is 0 Å². The van der Waals surface area contributed by atoms with Crippen LogP contribution in [-0.4, -0.2) is 20.6 Å². The summed E-state index contributed by atoms with van der Waals surface area (Å²) in [5, 5.41) is 12.2. The number of hydrogen-bond donors (Lipinski definition) is 1. The van der Waals surface area contributed by atoms with Crippen molar-refractivity contribution >= 4 is 0 Å². The van der Waals surface area contributed by atoms with Gasteiger partial charge in [-0.15, -0.1) is 10.2 Å². The molecule has 1 aromatic heterocycles. The molecule has 0 unspecified atom stereocenters. The van der Waals surface area contributed by atoms with E-state index in [1.807, 2.05) is 0 Å². The number of aromatic nitrogens is 4. The molecular formula is CH4N5Zn-. The monoisotopic (exact) mass is 150 g/mol. The molecule has 3 N–H and O–H groups in total. The Kier molecular flexibility index (Phi) is 7.93. The summed E-state index contributed by atoms with van der Waals surface area (Å²) >= 11 is 0. The Labute approximate surface area is 53.2 Å². The first-order valence-electron chi connectivity index (χ1n) is 1.16. The standard InChI is InChI=1S/CH2N4.H2N.Zn/c1-2-4-5-3-1;;/h1H,(H,2,3,4,5);1H2;/q;-1;. The third-order valence-electron chi connectivity index (χ3n) is 0.270. The van der Waals surface area contributed by atoms with Crippen LogP contribution in [0.3, 0.4) is 0 Å². The van der Waals surface area contributed by atoms with Crippen LogP contribution in [0.5, 0.6) is 0 Å². The maximum Gasteiger partial charge on any atom is 0.161 e. The molecule has 0 amide bonds.